The van der Waals surface area contributed by atoms with E-state index in [-0.39, 0.29) is 0 Å². The Morgan fingerprint density at radius 3 is 2.07 bits per heavy atom. The molecule has 0 atom stereocenters. The lowest BCUT2D eigenvalue weighted by Crippen LogP contribution is -1.93. The number of rotatable bonds is 1. The molecule has 146 valence electrons. The summed E-state index contributed by atoms with van der Waals surface area (Å²) in [4.78, 5) is 0. The van der Waals surface area contributed by atoms with Crippen molar-refractivity contribution < 1.29 is 0 Å². The molecule has 0 radical (unpaired) electrons. The number of halogens is 3. The van der Waals surface area contributed by atoms with Gasteiger partial charge in [0.05, 0.1) is 22.7 Å². The Labute approximate surface area is 205 Å². The first kappa shape index (κ1) is 21.1. The fourth-order valence-corrected chi connectivity index (χ4v) is 5.15. The summed E-state index contributed by atoms with van der Waals surface area (Å²) in [5, 5.41) is 11.4. The molecule has 5 rings (SSSR count). The third-order valence-electron chi connectivity index (χ3n) is 4.65. The van der Waals surface area contributed by atoms with Crippen LogP contribution in [0.5, 0.6) is 0 Å². The SMILES string of the molecule is Brc1cccc(I)c1.N#Cc1ccc2c(c1)c1ccccc1n2-c1cccc(Br)c1. The first-order chi connectivity index (χ1) is 14.6. The molecule has 30 heavy (non-hydrogen) atoms. The Morgan fingerprint density at radius 1 is 0.700 bits per heavy atom. The molecule has 0 N–H and O–H groups in total. The molecule has 0 spiro atoms. The van der Waals surface area contributed by atoms with Crippen LogP contribution in [-0.4, -0.2) is 4.57 Å². The molecule has 0 fully saturated rings. The lowest BCUT2D eigenvalue weighted by atomic mass is 10.1. The summed E-state index contributed by atoms with van der Waals surface area (Å²) in [7, 11) is 0. The van der Waals surface area contributed by atoms with E-state index in [9.17, 15) is 0 Å². The predicted molar refractivity (Wildman–Crippen MR) is 140 cm³/mol. The van der Waals surface area contributed by atoms with Crippen LogP contribution in [-0.2, 0) is 0 Å². The molecule has 0 saturated heterocycles. The van der Waals surface area contributed by atoms with Crippen LogP contribution in [0.1, 0.15) is 5.56 Å². The van der Waals surface area contributed by atoms with Crippen molar-refractivity contribution in [3.63, 3.8) is 0 Å². The number of benzene rings is 4. The van der Waals surface area contributed by atoms with Crippen molar-refractivity contribution in [3.05, 3.63) is 109 Å². The van der Waals surface area contributed by atoms with E-state index in [1.807, 2.05) is 54.6 Å². The van der Waals surface area contributed by atoms with Crippen molar-refractivity contribution in [2.45, 2.75) is 0 Å². The van der Waals surface area contributed by atoms with Crippen LogP contribution in [0.25, 0.3) is 27.5 Å². The second kappa shape index (κ2) is 9.34. The second-order valence-electron chi connectivity index (χ2n) is 6.62. The number of hydrogen-bond acceptors (Lipinski definition) is 1. The normalized spacial score (nSPS) is 10.5. The van der Waals surface area contributed by atoms with Crippen molar-refractivity contribution >= 4 is 76.3 Å². The van der Waals surface area contributed by atoms with E-state index in [0.717, 1.165) is 36.4 Å². The minimum absolute atomic E-state index is 0.685. The standard InChI is InChI=1S/C19H11BrN2.C6H4BrI/c20-14-4-3-5-15(11-14)22-18-7-2-1-6-16(18)17-10-13(12-21)8-9-19(17)22;7-5-2-1-3-6(8)4-5/h1-11H;1-4H. The Kier molecular flexibility index (Phi) is 6.57. The molecule has 0 bridgehead atoms. The average molecular weight is 630 g/mol. The summed E-state index contributed by atoms with van der Waals surface area (Å²) < 4.78 is 5.68. The summed E-state index contributed by atoms with van der Waals surface area (Å²) in [6.45, 7) is 0. The lowest BCUT2D eigenvalue weighted by Gasteiger charge is -2.08. The van der Waals surface area contributed by atoms with Crippen LogP contribution in [0.15, 0.2) is 99.9 Å². The van der Waals surface area contributed by atoms with Gasteiger partial charge in [0.25, 0.3) is 0 Å². The van der Waals surface area contributed by atoms with Gasteiger partial charge in [-0.2, -0.15) is 5.26 Å². The summed E-state index contributed by atoms with van der Waals surface area (Å²) in [5.41, 5.74) is 4.04. The molecule has 0 aliphatic carbocycles. The third kappa shape index (κ3) is 4.46. The molecule has 1 aromatic heterocycles. The maximum atomic E-state index is 9.17. The summed E-state index contributed by atoms with van der Waals surface area (Å²) in [6.07, 6.45) is 0. The molecule has 1 heterocycles. The fraction of sp³-hybridized carbons (Fsp3) is 0. The topological polar surface area (TPSA) is 28.7 Å². The van der Waals surface area contributed by atoms with Crippen molar-refractivity contribution in [1.29, 1.82) is 5.26 Å². The van der Waals surface area contributed by atoms with Crippen LogP contribution in [0, 0.1) is 14.9 Å². The minimum Gasteiger partial charge on any atom is -0.309 e. The largest absolute Gasteiger partial charge is 0.309 e. The minimum atomic E-state index is 0.685. The van der Waals surface area contributed by atoms with Gasteiger partial charge in [0.1, 0.15) is 0 Å². The first-order valence-electron chi connectivity index (χ1n) is 9.17. The Morgan fingerprint density at radius 2 is 1.40 bits per heavy atom. The van der Waals surface area contributed by atoms with Crippen molar-refractivity contribution in [3.8, 4) is 11.8 Å². The highest BCUT2D eigenvalue weighted by atomic mass is 127. The van der Waals surface area contributed by atoms with E-state index in [1.54, 1.807) is 0 Å². The molecular weight excluding hydrogens is 615 g/mol. The zero-order chi connectivity index (χ0) is 21.1. The number of fused-ring (bicyclic) bond motifs is 3. The molecule has 2 nitrogen and oxygen atoms in total. The Balaban J connectivity index is 0.000000230. The van der Waals surface area contributed by atoms with E-state index in [2.05, 4.69) is 101 Å². The Bertz CT molecular complexity index is 1380. The van der Waals surface area contributed by atoms with Gasteiger partial charge in [-0.1, -0.05) is 62.2 Å². The first-order valence-corrected chi connectivity index (χ1v) is 11.8. The van der Waals surface area contributed by atoms with E-state index in [4.69, 9.17) is 5.26 Å². The fourth-order valence-electron chi connectivity index (χ4n) is 3.40. The van der Waals surface area contributed by atoms with Crippen molar-refractivity contribution in [1.82, 2.24) is 4.57 Å². The van der Waals surface area contributed by atoms with Gasteiger partial charge in [0.2, 0.25) is 0 Å². The monoisotopic (exact) mass is 628 g/mol. The number of nitrogens with zero attached hydrogens (tertiary/aromatic N) is 2. The Hall–Kier alpha value is -2.14. The maximum Gasteiger partial charge on any atom is 0.0991 e. The van der Waals surface area contributed by atoms with Gasteiger partial charge in [0, 0.05) is 29.0 Å². The smallest absolute Gasteiger partial charge is 0.0991 e. The van der Waals surface area contributed by atoms with Crippen LogP contribution in [0.3, 0.4) is 0 Å². The molecule has 4 aromatic carbocycles. The van der Waals surface area contributed by atoms with Gasteiger partial charge in [-0.3, -0.25) is 0 Å². The lowest BCUT2D eigenvalue weighted by molar-refractivity contribution is 1.18. The third-order valence-corrected chi connectivity index (χ3v) is 6.31. The number of para-hydroxylation sites is 1. The maximum absolute atomic E-state index is 9.17. The second-order valence-corrected chi connectivity index (χ2v) is 9.69. The average Bonchev–Trinajstić information content (AvgIpc) is 3.07. The van der Waals surface area contributed by atoms with E-state index in [1.165, 1.54) is 3.57 Å². The van der Waals surface area contributed by atoms with Gasteiger partial charge < -0.3 is 4.57 Å². The molecule has 0 saturated carbocycles. The molecule has 0 aliphatic rings. The quantitative estimate of drug-likeness (QED) is 0.171. The van der Waals surface area contributed by atoms with Gasteiger partial charge >= 0.3 is 0 Å². The molecular formula is C25H15Br2IN2. The van der Waals surface area contributed by atoms with Crippen molar-refractivity contribution in [2.75, 3.05) is 0 Å². The summed E-state index contributed by atoms with van der Waals surface area (Å²) >= 11 is 9.17. The van der Waals surface area contributed by atoms with E-state index < -0.39 is 0 Å². The van der Waals surface area contributed by atoms with Crippen LogP contribution in [0.2, 0.25) is 0 Å². The van der Waals surface area contributed by atoms with Crippen LogP contribution >= 0.6 is 54.5 Å². The van der Waals surface area contributed by atoms with Gasteiger partial charge in [-0.15, -0.1) is 0 Å². The van der Waals surface area contributed by atoms with Gasteiger partial charge in [-0.05, 0) is 83.3 Å². The number of hydrogen-bond donors (Lipinski definition) is 0. The number of aromatic nitrogens is 1. The van der Waals surface area contributed by atoms with Gasteiger partial charge in [0.15, 0.2) is 0 Å². The highest BCUT2D eigenvalue weighted by Gasteiger charge is 2.12. The van der Waals surface area contributed by atoms with E-state index in [0.29, 0.717) is 5.56 Å². The van der Waals surface area contributed by atoms with Crippen LogP contribution < -0.4 is 0 Å². The molecule has 5 aromatic rings. The molecule has 0 aliphatic heterocycles. The molecule has 0 unspecified atom stereocenters. The zero-order valence-corrected chi connectivity index (χ0v) is 21.0. The summed E-state index contributed by atoms with van der Waals surface area (Å²) in [6, 6.07) is 32.8. The zero-order valence-electron chi connectivity index (χ0n) is 15.7. The van der Waals surface area contributed by atoms with Gasteiger partial charge in [-0.25, -0.2) is 0 Å². The summed E-state index contributed by atoms with van der Waals surface area (Å²) in [5.74, 6) is 0. The highest BCUT2D eigenvalue weighted by Crippen LogP contribution is 2.33. The number of nitriles is 1. The predicted octanol–water partition coefficient (Wildman–Crippen LogP) is 8.47. The molecule has 5 heteroatoms. The van der Waals surface area contributed by atoms with Crippen molar-refractivity contribution in [2.24, 2.45) is 0 Å². The highest BCUT2D eigenvalue weighted by molar-refractivity contribution is 14.1. The van der Waals surface area contributed by atoms with E-state index >= 15 is 0 Å². The van der Waals surface area contributed by atoms with Crippen LogP contribution in [0.4, 0.5) is 0 Å². The molecule has 0 amide bonds.